The highest BCUT2D eigenvalue weighted by atomic mass is 16.6. The van der Waals surface area contributed by atoms with E-state index in [-0.39, 0.29) is 5.78 Å². The second kappa shape index (κ2) is 3.00. The predicted octanol–water partition coefficient (Wildman–Crippen LogP) is -0.392. The average molecular weight is 157 g/mol. The predicted molar refractivity (Wildman–Crippen MR) is 37.8 cm³/mol. The van der Waals surface area contributed by atoms with E-state index in [4.69, 9.17) is 10.5 Å². The molecule has 0 aromatic carbocycles. The van der Waals surface area contributed by atoms with Crippen molar-refractivity contribution in [2.45, 2.75) is 32.0 Å². The van der Waals surface area contributed by atoms with Crippen LogP contribution in [0.4, 0.5) is 0 Å². The molecule has 2 N–H and O–H groups in total. The standard InChI is InChI=1S/C7H11NO3/c1-2-3-4(9)5-6(11-5)7(8)10/h5-6H,2-3H2,1H3,(H2,8,10). The molecule has 62 valence electrons. The Morgan fingerprint density at radius 2 is 2.09 bits per heavy atom. The minimum absolute atomic E-state index is 0.0173. The molecule has 0 aromatic rings. The highest BCUT2D eigenvalue weighted by Gasteiger charge is 2.48. The summed E-state index contributed by atoms with van der Waals surface area (Å²) in [5.74, 6) is -0.559. The van der Waals surface area contributed by atoms with Crippen LogP contribution in [0.1, 0.15) is 19.8 Å². The van der Waals surface area contributed by atoms with Crippen molar-refractivity contribution in [3.63, 3.8) is 0 Å². The molecule has 0 spiro atoms. The molecular weight excluding hydrogens is 146 g/mol. The first kappa shape index (κ1) is 8.20. The van der Waals surface area contributed by atoms with Crippen LogP contribution in [0.25, 0.3) is 0 Å². The van der Waals surface area contributed by atoms with Gasteiger partial charge in [0, 0.05) is 6.42 Å². The number of Topliss-reactive ketones (excluding diaryl/α,β-unsaturated/α-hetero) is 1. The number of carbonyl (C=O) groups excluding carboxylic acids is 2. The van der Waals surface area contributed by atoms with Crippen LogP contribution in [0, 0.1) is 0 Å². The molecule has 1 aliphatic heterocycles. The number of amides is 1. The van der Waals surface area contributed by atoms with Gasteiger partial charge in [-0.1, -0.05) is 6.92 Å². The monoisotopic (exact) mass is 157 g/mol. The van der Waals surface area contributed by atoms with Crippen molar-refractivity contribution in [1.29, 1.82) is 0 Å². The van der Waals surface area contributed by atoms with Gasteiger partial charge in [0.25, 0.3) is 0 Å². The van der Waals surface area contributed by atoms with Gasteiger partial charge in [0.2, 0.25) is 5.91 Å². The average Bonchev–Trinajstić information content (AvgIpc) is 2.65. The zero-order valence-corrected chi connectivity index (χ0v) is 6.37. The summed E-state index contributed by atoms with van der Waals surface area (Å²) in [6, 6.07) is 0. The lowest BCUT2D eigenvalue weighted by Gasteiger charge is -1.89. The Labute approximate surface area is 64.7 Å². The van der Waals surface area contributed by atoms with E-state index in [2.05, 4.69) is 0 Å². The molecule has 0 radical (unpaired) electrons. The second-order valence-electron chi connectivity index (χ2n) is 2.60. The Bertz CT molecular complexity index is 190. The smallest absolute Gasteiger partial charge is 0.249 e. The van der Waals surface area contributed by atoms with E-state index in [0.717, 1.165) is 6.42 Å². The fourth-order valence-corrected chi connectivity index (χ4v) is 0.962. The lowest BCUT2D eigenvalue weighted by atomic mass is 10.1. The first-order chi connectivity index (χ1) is 5.16. The van der Waals surface area contributed by atoms with Gasteiger partial charge in [0.05, 0.1) is 0 Å². The number of nitrogens with two attached hydrogens (primary N) is 1. The van der Waals surface area contributed by atoms with Crippen molar-refractivity contribution < 1.29 is 14.3 Å². The Balaban J connectivity index is 2.32. The molecule has 0 saturated carbocycles. The molecule has 1 heterocycles. The summed E-state index contributed by atoms with van der Waals surface area (Å²) in [5, 5.41) is 0. The zero-order valence-electron chi connectivity index (χ0n) is 6.37. The van der Waals surface area contributed by atoms with E-state index in [1.807, 2.05) is 6.92 Å². The van der Waals surface area contributed by atoms with Gasteiger partial charge >= 0.3 is 0 Å². The van der Waals surface area contributed by atoms with Crippen LogP contribution >= 0.6 is 0 Å². The molecule has 1 amide bonds. The summed E-state index contributed by atoms with van der Waals surface area (Å²) >= 11 is 0. The number of carbonyl (C=O) groups is 2. The Morgan fingerprint density at radius 1 is 1.45 bits per heavy atom. The van der Waals surface area contributed by atoms with E-state index in [1.54, 1.807) is 0 Å². The van der Waals surface area contributed by atoms with E-state index in [1.165, 1.54) is 0 Å². The third-order valence-electron chi connectivity index (χ3n) is 1.59. The molecule has 2 unspecified atom stereocenters. The van der Waals surface area contributed by atoms with Crippen molar-refractivity contribution in [2.24, 2.45) is 5.73 Å². The Morgan fingerprint density at radius 3 is 2.45 bits per heavy atom. The number of primary amides is 1. The van der Waals surface area contributed by atoms with Gasteiger partial charge in [-0.2, -0.15) is 0 Å². The van der Waals surface area contributed by atoms with Crippen molar-refractivity contribution in [3.8, 4) is 0 Å². The van der Waals surface area contributed by atoms with Gasteiger partial charge in [0.1, 0.15) is 0 Å². The number of epoxide rings is 1. The van der Waals surface area contributed by atoms with E-state index in [0.29, 0.717) is 6.42 Å². The van der Waals surface area contributed by atoms with Crippen LogP contribution in [0.3, 0.4) is 0 Å². The van der Waals surface area contributed by atoms with Crippen LogP contribution in [0.15, 0.2) is 0 Å². The zero-order chi connectivity index (χ0) is 8.43. The van der Waals surface area contributed by atoms with E-state index in [9.17, 15) is 9.59 Å². The minimum atomic E-state index is -0.644. The number of ketones is 1. The third-order valence-corrected chi connectivity index (χ3v) is 1.59. The first-order valence-electron chi connectivity index (χ1n) is 3.64. The first-order valence-corrected chi connectivity index (χ1v) is 3.64. The summed E-state index contributed by atoms with van der Waals surface area (Å²) in [6.45, 7) is 1.90. The lowest BCUT2D eigenvalue weighted by molar-refractivity contribution is -0.121. The Hall–Kier alpha value is -0.900. The molecule has 1 rings (SSSR count). The molecule has 0 bridgehead atoms. The summed E-state index contributed by atoms with van der Waals surface area (Å²) in [5.41, 5.74) is 4.91. The topological polar surface area (TPSA) is 72.7 Å². The molecule has 1 fully saturated rings. The summed E-state index contributed by atoms with van der Waals surface area (Å²) in [7, 11) is 0. The number of hydrogen-bond donors (Lipinski definition) is 1. The summed E-state index contributed by atoms with van der Waals surface area (Å²) in [4.78, 5) is 21.4. The van der Waals surface area contributed by atoms with Gasteiger partial charge in [-0.25, -0.2) is 0 Å². The largest absolute Gasteiger partial charge is 0.367 e. The van der Waals surface area contributed by atoms with Crippen LogP contribution in [0.5, 0.6) is 0 Å². The summed E-state index contributed by atoms with van der Waals surface area (Å²) in [6.07, 6.45) is 0.0695. The maximum absolute atomic E-state index is 11.0. The number of rotatable bonds is 4. The Kier molecular flexibility index (Phi) is 2.24. The van der Waals surface area contributed by atoms with Gasteiger partial charge in [0.15, 0.2) is 18.0 Å². The number of hydrogen-bond acceptors (Lipinski definition) is 3. The van der Waals surface area contributed by atoms with Crippen molar-refractivity contribution in [3.05, 3.63) is 0 Å². The van der Waals surface area contributed by atoms with Crippen molar-refractivity contribution in [1.82, 2.24) is 0 Å². The molecule has 4 nitrogen and oxygen atoms in total. The van der Waals surface area contributed by atoms with Crippen LogP contribution < -0.4 is 5.73 Å². The molecule has 1 saturated heterocycles. The fourth-order valence-electron chi connectivity index (χ4n) is 0.962. The second-order valence-corrected chi connectivity index (χ2v) is 2.60. The van der Waals surface area contributed by atoms with Crippen LogP contribution in [-0.2, 0) is 14.3 Å². The normalized spacial score (nSPS) is 28.1. The third kappa shape index (κ3) is 1.77. The number of ether oxygens (including phenoxy) is 1. The maximum Gasteiger partial charge on any atom is 0.249 e. The fraction of sp³-hybridized carbons (Fsp3) is 0.714. The van der Waals surface area contributed by atoms with Crippen molar-refractivity contribution >= 4 is 11.7 Å². The maximum atomic E-state index is 11.0. The van der Waals surface area contributed by atoms with E-state index < -0.39 is 18.1 Å². The molecule has 2 atom stereocenters. The molecular formula is C7H11NO3. The lowest BCUT2D eigenvalue weighted by Crippen LogP contribution is -2.22. The molecule has 11 heavy (non-hydrogen) atoms. The molecule has 0 aromatic heterocycles. The minimum Gasteiger partial charge on any atom is -0.367 e. The molecule has 1 aliphatic rings. The van der Waals surface area contributed by atoms with Gasteiger partial charge in [-0.3, -0.25) is 9.59 Å². The van der Waals surface area contributed by atoms with Crippen LogP contribution in [-0.4, -0.2) is 23.9 Å². The summed E-state index contributed by atoms with van der Waals surface area (Å²) < 4.78 is 4.77. The molecule has 4 heteroatoms. The highest BCUT2D eigenvalue weighted by molar-refractivity contribution is 5.95. The van der Waals surface area contributed by atoms with Crippen molar-refractivity contribution in [2.75, 3.05) is 0 Å². The quantitative estimate of drug-likeness (QED) is 0.565. The van der Waals surface area contributed by atoms with E-state index >= 15 is 0 Å². The van der Waals surface area contributed by atoms with Gasteiger partial charge < -0.3 is 10.5 Å². The molecule has 0 aliphatic carbocycles. The van der Waals surface area contributed by atoms with Gasteiger partial charge in [-0.15, -0.1) is 0 Å². The van der Waals surface area contributed by atoms with Gasteiger partial charge in [-0.05, 0) is 6.42 Å². The van der Waals surface area contributed by atoms with Crippen LogP contribution in [0.2, 0.25) is 0 Å². The SMILES string of the molecule is CCCC(=O)C1OC1C(N)=O. The highest BCUT2D eigenvalue weighted by Crippen LogP contribution is 2.23.